The number of anilines is 1. The third-order valence-corrected chi connectivity index (χ3v) is 4.55. The number of pyridine rings is 1. The zero-order valence-electron chi connectivity index (χ0n) is 14.6. The standard InChI is InChI=1S/C21H19N5/c1-15-7-8-17-19(11-15)24-13-16(12-22)21(17)23-9-4-10-26-14-25-18-5-2-3-6-20(18)26/h2-3,5-8,11,13-14H,4,9-10H2,1H3,(H,23,24). The molecule has 0 amide bonds. The molecule has 128 valence electrons. The molecule has 4 rings (SSSR count). The number of nitriles is 1. The lowest BCUT2D eigenvalue weighted by Gasteiger charge is -2.12. The first-order valence-corrected chi connectivity index (χ1v) is 8.69. The number of benzene rings is 2. The Balaban J connectivity index is 1.50. The van der Waals surface area contributed by atoms with Crippen molar-refractivity contribution in [3.8, 4) is 6.07 Å². The van der Waals surface area contributed by atoms with Crippen LogP contribution in [0, 0.1) is 18.3 Å². The third kappa shape index (κ3) is 2.98. The fourth-order valence-corrected chi connectivity index (χ4v) is 3.23. The molecule has 0 spiro atoms. The van der Waals surface area contributed by atoms with E-state index in [9.17, 15) is 5.26 Å². The molecular weight excluding hydrogens is 322 g/mol. The third-order valence-electron chi connectivity index (χ3n) is 4.55. The molecule has 2 aromatic carbocycles. The molecule has 2 heterocycles. The number of para-hydroxylation sites is 2. The van der Waals surface area contributed by atoms with Crippen molar-refractivity contribution < 1.29 is 0 Å². The fourth-order valence-electron chi connectivity index (χ4n) is 3.23. The predicted molar refractivity (Wildman–Crippen MR) is 104 cm³/mol. The maximum absolute atomic E-state index is 9.42. The largest absolute Gasteiger partial charge is 0.383 e. The highest BCUT2D eigenvalue weighted by atomic mass is 15.0. The quantitative estimate of drug-likeness (QED) is 0.551. The molecule has 0 atom stereocenters. The number of aromatic nitrogens is 3. The van der Waals surface area contributed by atoms with E-state index < -0.39 is 0 Å². The summed E-state index contributed by atoms with van der Waals surface area (Å²) in [5.74, 6) is 0. The van der Waals surface area contributed by atoms with Crippen LogP contribution in [0.25, 0.3) is 21.9 Å². The van der Waals surface area contributed by atoms with Gasteiger partial charge >= 0.3 is 0 Å². The van der Waals surface area contributed by atoms with Crippen molar-refractivity contribution in [2.45, 2.75) is 19.9 Å². The van der Waals surface area contributed by atoms with Crippen molar-refractivity contribution >= 4 is 27.6 Å². The highest BCUT2D eigenvalue weighted by molar-refractivity contribution is 5.94. The maximum atomic E-state index is 9.42. The second-order valence-corrected chi connectivity index (χ2v) is 6.39. The van der Waals surface area contributed by atoms with Crippen molar-refractivity contribution in [1.82, 2.24) is 14.5 Å². The normalized spacial score (nSPS) is 10.9. The summed E-state index contributed by atoms with van der Waals surface area (Å²) in [4.78, 5) is 8.82. The Kier molecular flexibility index (Phi) is 4.24. The SMILES string of the molecule is Cc1ccc2c(NCCCn3cnc4ccccc43)c(C#N)cnc2c1. The number of hydrogen-bond acceptors (Lipinski definition) is 4. The second-order valence-electron chi connectivity index (χ2n) is 6.39. The van der Waals surface area contributed by atoms with E-state index in [1.807, 2.05) is 49.6 Å². The van der Waals surface area contributed by atoms with Gasteiger partial charge in [0.05, 0.1) is 34.1 Å². The predicted octanol–water partition coefficient (Wildman–Crippen LogP) is 4.27. The van der Waals surface area contributed by atoms with Gasteiger partial charge in [-0.1, -0.05) is 24.3 Å². The van der Waals surface area contributed by atoms with Gasteiger partial charge < -0.3 is 9.88 Å². The summed E-state index contributed by atoms with van der Waals surface area (Å²) in [6, 6.07) is 16.5. The minimum Gasteiger partial charge on any atom is -0.383 e. The summed E-state index contributed by atoms with van der Waals surface area (Å²) in [5.41, 5.74) is 5.68. The molecule has 0 fully saturated rings. The van der Waals surface area contributed by atoms with Gasteiger partial charge in [0, 0.05) is 24.7 Å². The molecule has 0 saturated heterocycles. The molecule has 5 heteroatoms. The fraction of sp³-hybridized carbons (Fsp3) is 0.190. The Bertz CT molecular complexity index is 1120. The molecular formula is C21H19N5. The smallest absolute Gasteiger partial charge is 0.103 e. The lowest BCUT2D eigenvalue weighted by Crippen LogP contribution is -2.08. The number of aryl methyl sites for hydroxylation is 2. The minimum atomic E-state index is 0.578. The number of hydrogen-bond donors (Lipinski definition) is 1. The van der Waals surface area contributed by atoms with Gasteiger partial charge in [-0.3, -0.25) is 4.98 Å². The summed E-state index contributed by atoms with van der Waals surface area (Å²) in [5, 5.41) is 13.8. The molecule has 5 nitrogen and oxygen atoms in total. The van der Waals surface area contributed by atoms with Gasteiger partial charge in [0.15, 0.2) is 0 Å². The molecule has 0 aliphatic heterocycles. The number of nitrogens with one attached hydrogen (secondary N) is 1. The molecule has 1 N–H and O–H groups in total. The second kappa shape index (κ2) is 6.85. The van der Waals surface area contributed by atoms with Crippen LogP contribution in [0.3, 0.4) is 0 Å². The van der Waals surface area contributed by atoms with Crippen molar-refractivity contribution in [1.29, 1.82) is 5.26 Å². The van der Waals surface area contributed by atoms with Crippen LogP contribution in [-0.2, 0) is 6.54 Å². The summed E-state index contributed by atoms with van der Waals surface area (Å²) < 4.78 is 2.16. The molecule has 0 unspecified atom stereocenters. The first-order chi connectivity index (χ1) is 12.8. The number of nitrogens with zero attached hydrogens (tertiary/aromatic N) is 4. The van der Waals surface area contributed by atoms with Crippen molar-refractivity contribution in [2.75, 3.05) is 11.9 Å². The number of imidazole rings is 1. The van der Waals surface area contributed by atoms with Gasteiger partial charge in [-0.2, -0.15) is 5.26 Å². The van der Waals surface area contributed by atoms with Gasteiger partial charge in [0.1, 0.15) is 6.07 Å². The van der Waals surface area contributed by atoms with Crippen molar-refractivity contribution in [3.63, 3.8) is 0 Å². The van der Waals surface area contributed by atoms with Crippen molar-refractivity contribution in [3.05, 3.63) is 66.1 Å². The molecule has 0 bridgehead atoms. The van der Waals surface area contributed by atoms with E-state index in [1.165, 1.54) is 0 Å². The van der Waals surface area contributed by atoms with Crippen LogP contribution in [0.5, 0.6) is 0 Å². The highest BCUT2D eigenvalue weighted by Crippen LogP contribution is 2.26. The summed E-state index contributed by atoms with van der Waals surface area (Å²) >= 11 is 0. The van der Waals surface area contributed by atoms with Gasteiger partial charge in [-0.15, -0.1) is 0 Å². The van der Waals surface area contributed by atoms with Crippen LogP contribution in [0.1, 0.15) is 17.5 Å². The monoisotopic (exact) mass is 341 g/mol. The molecule has 0 aliphatic carbocycles. The zero-order valence-corrected chi connectivity index (χ0v) is 14.6. The maximum Gasteiger partial charge on any atom is 0.103 e. The zero-order chi connectivity index (χ0) is 17.9. The van der Waals surface area contributed by atoms with Crippen LogP contribution in [-0.4, -0.2) is 21.1 Å². The van der Waals surface area contributed by atoms with Crippen molar-refractivity contribution in [2.24, 2.45) is 0 Å². The average molecular weight is 341 g/mol. The van der Waals surface area contributed by atoms with Gasteiger partial charge in [-0.05, 0) is 37.1 Å². The van der Waals surface area contributed by atoms with E-state index in [0.717, 1.165) is 52.7 Å². The first-order valence-electron chi connectivity index (χ1n) is 8.69. The van der Waals surface area contributed by atoms with Crippen LogP contribution >= 0.6 is 0 Å². The lowest BCUT2D eigenvalue weighted by molar-refractivity contribution is 0.677. The Morgan fingerprint density at radius 2 is 2.00 bits per heavy atom. The summed E-state index contributed by atoms with van der Waals surface area (Å²) in [6.07, 6.45) is 4.46. The first kappa shape index (κ1) is 16.1. The van der Waals surface area contributed by atoms with Gasteiger partial charge in [0.25, 0.3) is 0 Å². The summed E-state index contributed by atoms with van der Waals surface area (Å²) in [7, 11) is 0. The van der Waals surface area contributed by atoms with Crippen LogP contribution in [0.4, 0.5) is 5.69 Å². The van der Waals surface area contributed by atoms with E-state index in [-0.39, 0.29) is 0 Å². The molecule has 0 radical (unpaired) electrons. The van der Waals surface area contributed by atoms with E-state index in [2.05, 4.69) is 32.0 Å². The van der Waals surface area contributed by atoms with E-state index >= 15 is 0 Å². The van der Waals surface area contributed by atoms with Crippen LogP contribution in [0.15, 0.2) is 55.0 Å². The van der Waals surface area contributed by atoms with Gasteiger partial charge in [-0.25, -0.2) is 4.98 Å². The van der Waals surface area contributed by atoms with E-state index in [4.69, 9.17) is 0 Å². The Morgan fingerprint density at radius 3 is 2.88 bits per heavy atom. The molecule has 4 aromatic rings. The van der Waals surface area contributed by atoms with Crippen LogP contribution < -0.4 is 5.32 Å². The highest BCUT2D eigenvalue weighted by Gasteiger charge is 2.09. The minimum absolute atomic E-state index is 0.578. The Labute approximate surface area is 151 Å². The van der Waals surface area contributed by atoms with Gasteiger partial charge in [0.2, 0.25) is 0 Å². The molecule has 26 heavy (non-hydrogen) atoms. The lowest BCUT2D eigenvalue weighted by atomic mass is 10.1. The topological polar surface area (TPSA) is 66.5 Å². The van der Waals surface area contributed by atoms with Crippen LogP contribution in [0.2, 0.25) is 0 Å². The Hall–Kier alpha value is -3.39. The van der Waals surface area contributed by atoms with E-state index in [0.29, 0.717) is 5.56 Å². The Morgan fingerprint density at radius 1 is 1.12 bits per heavy atom. The van der Waals surface area contributed by atoms with E-state index in [1.54, 1.807) is 6.20 Å². The average Bonchev–Trinajstić information content (AvgIpc) is 3.08. The molecule has 0 aliphatic rings. The number of fused-ring (bicyclic) bond motifs is 2. The number of rotatable bonds is 5. The summed E-state index contributed by atoms with van der Waals surface area (Å²) in [6.45, 7) is 3.69. The molecule has 0 saturated carbocycles. The molecule has 2 aromatic heterocycles.